The molecule has 0 atom stereocenters. The average molecular weight is 601 g/mol. The van der Waals surface area contributed by atoms with Crippen molar-refractivity contribution in [3.8, 4) is 17.2 Å². The number of rotatable bonds is 16. The second-order valence-corrected chi connectivity index (χ2v) is 8.40. The van der Waals surface area contributed by atoms with Crippen molar-refractivity contribution in [1.29, 1.82) is 0 Å². The normalized spacial score (nSPS) is 10.1. The lowest BCUT2D eigenvalue weighted by Gasteiger charge is -2.13. The summed E-state index contributed by atoms with van der Waals surface area (Å²) < 4.78 is 25.8. The van der Waals surface area contributed by atoms with E-state index < -0.39 is 18.7 Å². The standard InChI is InChI=1S/C30H28N6O8/c1-3-26(38)43-18-41-24-12-6-9-21(15-24)32-29-34-28(31-20-8-5-11-23(14-20)40-17-37)35-30(36-29)33-22-10-7-13-25(16-22)42-19-44-27(39)4-2/h3-16,37H,1-2,17-19H2,(H3,31,32,33,34,35,36). The molecule has 0 aliphatic carbocycles. The predicted molar refractivity (Wildman–Crippen MR) is 160 cm³/mol. The van der Waals surface area contributed by atoms with Gasteiger partial charge in [0.05, 0.1) is 0 Å². The Bertz CT molecular complexity index is 1530. The van der Waals surface area contributed by atoms with Gasteiger partial charge in [-0.15, -0.1) is 0 Å². The summed E-state index contributed by atoms with van der Waals surface area (Å²) in [5, 5.41) is 18.4. The number of nitrogens with one attached hydrogen (secondary N) is 3. The lowest BCUT2D eigenvalue weighted by atomic mass is 10.3. The first kappa shape index (κ1) is 30.8. The van der Waals surface area contributed by atoms with Gasteiger partial charge < -0.3 is 44.7 Å². The molecule has 1 aromatic heterocycles. The zero-order valence-electron chi connectivity index (χ0n) is 23.3. The highest BCUT2D eigenvalue weighted by molar-refractivity contribution is 5.81. The van der Waals surface area contributed by atoms with Crippen LogP contribution in [-0.4, -0.2) is 52.4 Å². The fourth-order valence-corrected chi connectivity index (χ4v) is 3.43. The number of ether oxygens (including phenoxy) is 5. The molecule has 0 saturated carbocycles. The zero-order valence-corrected chi connectivity index (χ0v) is 23.3. The Morgan fingerprint density at radius 3 is 1.34 bits per heavy atom. The number of aliphatic hydroxyl groups is 1. The zero-order chi connectivity index (χ0) is 31.1. The van der Waals surface area contributed by atoms with Crippen LogP contribution in [0.1, 0.15) is 0 Å². The number of hydrogen-bond acceptors (Lipinski definition) is 14. The first-order valence-electron chi connectivity index (χ1n) is 12.9. The van der Waals surface area contributed by atoms with E-state index in [1.54, 1.807) is 72.8 Å². The van der Waals surface area contributed by atoms with Gasteiger partial charge in [0.2, 0.25) is 31.4 Å². The van der Waals surface area contributed by atoms with Gasteiger partial charge in [0.25, 0.3) is 0 Å². The molecular formula is C30H28N6O8. The van der Waals surface area contributed by atoms with Gasteiger partial charge in [0, 0.05) is 47.4 Å². The van der Waals surface area contributed by atoms with Crippen molar-refractivity contribution in [2.75, 3.05) is 36.3 Å². The summed E-state index contributed by atoms with van der Waals surface area (Å²) in [6.45, 7) is 5.62. The van der Waals surface area contributed by atoms with Crippen LogP contribution in [-0.2, 0) is 19.1 Å². The van der Waals surface area contributed by atoms with E-state index >= 15 is 0 Å². The van der Waals surface area contributed by atoms with Crippen molar-refractivity contribution < 1.29 is 38.4 Å². The van der Waals surface area contributed by atoms with E-state index in [0.29, 0.717) is 34.3 Å². The second-order valence-electron chi connectivity index (χ2n) is 8.40. The molecule has 0 amide bonds. The van der Waals surface area contributed by atoms with Crippen LogP contribution in [0.25, 0.3) is 0 Å². The van der Waals surface area contributed by atoms with Crippen LogP contribution in [0.4, 0.5) is 34.9 Å². The Morgan fingerprint density at radius 1 is 0.636 bits per heavy atom. The third-order valence-corrected chi connectivity index (χ3v) is 5.32. The molecule has 0 aliphatic rings. The fraction of sp³-hybridized carbons (Fsp3) is 0.100. The molecule has 0 radical (unpaired) electrons. The number of aliphatic hydroxyl groups excluding tert-OH is 1. The number of carbonyl (C=O) groups excluding carboxylic acids is 2. The molecule has 4 aromatic rings. The van der Waals surface area contributed by atoms with E-state index in [1.165, 1.54) is 0 Å². The quantitative estimate of drug-likeness (QED) is 0.0800. The minimum atomic E-state index is -0.605. The highest BCUT2D eigenvalue weighted by Gasteiger charge is 2.11. The molecule has 0 saturated heterocycles. The van der Waals surface area contributed by atoms with Crippen LogP contribution in [0, 0.1) is 0 Å². The molecule has 0 fully saturated rings. The highest BCUT2D eigenvalue weighted by atomic mass is 16.7. The van der Waals surface area contributed by atoms with Gasteiger partial charge in [-0.1, -0.05) is 31.4 Å². The van der Waals surface area contributed by atoms with Gasteiger partial charge in [-0.2, -0.15) is 15.0 Å². The Kier molecular flexibility index (Phi) is 11.0. The molecule has 3 aromatic carbocycles. The van der Waals surface area contributed by atoms with E-state index in [0.717, 1.165) is 12.2 Å². The number of nitrogens with zero attached hydrogens (tertiary/aromatic N) is 3. The van der Waals surface area contributed by atoms with E-state index in [2.05, 4.69) is 44.1 Å². The molecule has 0 aliphatic heterocycles. The van der Waals surface area contributed by atoms with Gasteiger partial charge in [0.15, 0.2) is 6.79 Å². The van der Waals surface area contributed by atoms with Crippen molar-refractivity contribution >= 4 is 46.8 Å². The molecule has 1 heterocycles. The third-order valence-electron chi connectivity index (χ3n) is 5.32. The van der Waals surface area contributed by atoms with Crippen LogP contribution in [0.3, 0.4) is 0 Å². The van der Waals surface area contributed by atoms with Crippen LogP contribution in [0.15, 0.2) is 98.1 Å². The number of benzene rings is 3. The molecule has 4 N–H and O–H groups in total. The summed E-state index contributed by atoms with van der Waals surface area (Å²) in [4.78, 5) is 36.0. The Balaban J connectivity index is 1.56. The lowest BCUT2D eigenvalue weighted by Crippen LogP contribution is -2.09. The van der Waals surface area contributed by atoms with Gasteiger partial charge in [-0.05, 0) is 36.4 Å². The smallest absolute Gasteiger partial charge is 0.333 e. The van der Waals surface area contributed by atoms with Crippen molar-refractivity contribution in [1.82, 2.24) is 15.0 Å². The van der Waals surface area contributed by atoms with E-state index in [4.69, 9.17) is 28.8 Å². The van der Waals surface area contributed by atoms with E-state index in [9.17, 15) is 9.59 Å². The first-order valence-corrected chi connectivity index (χ1v) is 12.9. The third kappa shape index (κ3) is 9.74. The lowest BCUT2D eigenvalue weighted by molar-refractivity contribution is -0.145. The molecule has 0 spiro atoms. The summed E-state index contributed by atoms with van der Waals surface area (Å²) in [5.41, 5.74) is 1.74. The maximum absolute atomic E-state index is 11.3. The van der Waals surface area contributed by atoms with E-state index in [-0.39, 0.29) is 31.4 Å². The summed E-state index contributed by atoms with van der Waals surface area (Å²) in [7, 11) is 0. The van der Waals surface area contributed by atoms with Gasteiger partial charge in [0.1, 0.15) is 17.2 Å². The van der Waals surface area contributed by atoms with Crippen molar-refractivity contribution in [3.05, 3.63) is 98.1 Å². The van der Waals surface area contributed by atoms with Gasteiger partial charge >= 0.3 is 11.9 Å². The number of esters is 2. The number of aromatic nitrogens is 3. The molecule has 14 heteroatoms. The number of anilines is 6. The van der Waals surface area contributed by atoms with Crippen molar-refractivity contribution in [2.24, 2.45) is 0 Å². The van der Waals surface area contributed by atoms with Crippen molar-refractivity contribution in [2.45, 2.75) is 0 Å². The predicted octanol–water partition coefficient (Wildman–Crippen LogP) is 4.56. The molecule has 4 rings (SSSR count). The Hall–Kier alpha value is -6.15. The Morgan fingerprint density at radius 2 is 1.00 bits per heavy atom. The van der Waals surface area contributed by atoms with Gasteiger partial charge in [-0.25, -0.2) is 9.59 Å². The summed E-state index contributed by atoms with van der Waals surface area (Å²) in [6, 6.07) is 20.6. The molecule has 14 nitrogen and oxygen atoms in total. The van der Waals surface area contributed by atoms with Gasteiger partial charge in [-0.3, -0.25) is 0 Å². The highest BCUT2D eigenvalue weighted by Crippen LogP contribution is 2.26. The molecule has 0 bridgehead atoms. The van der Waals surface area contributed by atoms with Crippen LogP contribution in [0.2, 0.25) is 0 Å². The average Bonchev–Trinajstić information content (AvgIpc) is 3.01. The number of carbonyl (C=O) groups is 2. The Labute approximate surface area is 252 Å². The maximum Gasteiger partial charge on any atom is 0.333 e. The second kappa shape index (κ2) is 15.7. The number of hydrogen-bond donors (Lipinski definition) is 4. The summed E-state index contributed by atoms with van der Waals surface area (Å²) in [6.07, 6.45) is 2.08. The van der Waals surface area contributed by atoms with Crippen LogP contribution in [0.5, 0.6) is 17.2 Å². The topological polar surface area (TPSA) is 175 Å². The summed E-state index contributed by atoms with van der Waals surface area (Å²) in [5.74, 6) is 0.603. The van der Waals surface area contributed by atoms with Crippen molar-refractivity contribution in [3.63, 3.8) is 0 Å². The minimum absolute atomic E-state index is 0.173. The molecule has 0 unspecified atom stereocenters. The fourth-order valence-electron chi connectivity index (χ4n) is 3.43. The van der Waals surface area contributed by atoms with Crippen LogP contribution < -0.4 is 30.2 Å². The summed E-state index contributed by atoms with van der Waals surface area (Å²) >= 11 is 0. The van der Waals surface area contributed by atoms with Crippen LogP contribution >= 0.6 is 0 Å². The SMILES string of the molecule is C=CC(=O)OCOc1cccc(Nc2nc(Nc3cccc(OCO)c3)nc(Nc3cccc(OCOC(=O)C=C)c3)n2)c1. The largest absolute Gasteiger partial charge is 0.468 e. The monoisotopic (exact) mass is 600 g/mol. The molecular weight excluding hydrogens is 572 g/mol. The first-order chi connectivity index (χ1) is 21.4. The molecule has 44 heavy (non-hydrogen) atoms. The van der Waals surface area contributed by atoms with E-state index in [1.807, 2.05) is 0 Å². The minimum Gasteiger partial charge on any atom is -0.468 e. The molecule has 226 valence electrons. The maximum atomic E-state index is 11.3.